The van der Waals surface area contributed by atoms with Crippen LogP contribution in [0, 0.1) is 0 Å². The largest absolute Gasteiger partial charge is 0.435 e. The van der Waals surface area contributed by atoms with Gasteiger partial charge in [0.25, 0.3) is 0 Å². The number of hydrogen-bond donors (Lipinski definition) is 1. The molecule has 2 atom stereocenters. The second-order valence-corrected chi connectivity index (χ2v) is 6.91. The first-order valence-electron chi connectivity index (χ1n) is 4.08. The quantitative estimate of drug-likeness (QED) is 0.780. The lowest BCUT2D eigenvalue weighted by Gasteiger charge is -2.04. The van der Waals surface area contributed by atoms with Crippen LogP contribution < -0.4 is 5.32 Å². The van der Waals surface area contributed by atoms with E-state index in [-0.39, 0.29) is 11.8 Å². The maximum Gasteiger partial charge on any atom is 0.408 e. The highest BCUT2D eigenvalue weighted by molar-refractivity contribution is 9.12. The first kappa shape index (κ1) is 9.80. The molecule has 1 aliphatic heterocycles. The number of hydrogen-bond acceptors (Lipinski definition) is 4. The summed E-state index contributed by atoms with van der Waals surface area (Å²) in [5.74, 6) is -0.137. The van der Waals surface area contributed by atoms with E-state index in [0.717, 1.165) is 13.1 Å². The average molecular weight is 353 g/mol. The van der Waals surface area contributed by atoms with Crippen molar-refractivity contribution >= 4 is 55.1 Å². The van der Waals surface area contributed by atoms with Crippen LogP contribution in [0.2, 0.25) is 0 Å². The van der Waals surface area contributed by atoms with E-state index in [1.54, 1.807) is 0 Å². The third-order valence-electron chi connectivity index (χ3n) is 2.48. The molecular weight excluding hydrogens is 350 g/mol. The van der Waals surface area contributed by atoms with Gasteiger partial charge in [-0.05, 0) is 31.9 Å². The molecule has 15 heavy (non-hydrogen) atoms. The highest BCUT2D eigenvalue weighted by Crippen LogP contribution is 2.48. The molecule has 7 heteroatoms. The Balaban J connectivity index is 2.21. The molecule has 0 unspecified atom stereocenters. The molecule has 0 spiro atoms. The Morgan fingerprint density at radius 1 is 1.27 bits per heavy atom. The SMILES string of the molecule is O=C1N[C@@H]2c3c(Br)sc(Br)c3C(=O)[C@H]2O1. The average Bonchev–Trinajstić information content (AvgIpc) is 2.71. The van der Waals surface area contributed by atoms with Crippen molar-refractivity contribution in [2.24, 2.45) is 0 Å². The van der Waals surface area contributed by atoms with Crippen molar-refractivity contribution in [2.75, 3.05) is 0 Å². The number of fused-ring (bicyclic) bond motifs is 3. The maximum atomic E-state index is 11.9. The number of rotatable bonds is 0. The molecular formula is C8H3Br2NO3S. The van der Waals surface area contributed by atoms with E-state index in [1.165, 1.54) is 11.3 Å². The molecule has 1 aromatic rings. The number of alkyl carbamates (subject to hydrolysis) is 1. The van der Waals surface area contributed by atoms with Gasteiger partial charge in [0.2, 0.25) is 5.78 Å². The number of carbonyl (C=O) groups is 2. The van der Waals surface area contributed by atoms with Gasteiger partial charge in [-0.15, -0.1) is 11.3 Å². The van der Waals surface area contributed by atoms with Gasteiger partial charge < -0.3 is 10.1 Å². The van der Waals surface area contributed by atoms with Crippen LogP contribution in [0.15, 0.2) is 7.57 Å². The summed E-state index contributed by atoms with van der Waals surface area (Å²) < 4.78 is 6.55. The number of Topliss-reactive ketones (excluding diaryl/α,β-unsaturated/α-hetero) is 1. The van der Waals surface area contributed by atoms with E-state index in [9.17, 15) is 9.59 Å². The standard InChI is InChI=1S/C8H3Br2NO3S/c9-6-1-2(7(10)15-6)4(12)5-3(1)11-8(13)14-5/h3,5H,(H,11,13)/t3-,5+/m1/s1. The van der Waals surface area contributed by atoms with Crippen LogP contribution >= 0.6 is 43.2 Å². The third-order valence-corrected chi connectivity index (χ3v) is 5.06. The Morgan fingerprint density at radius 2 is 2.00 bits per heavy atom. The van der Waals surface area contributed by atoms with Gasteiger partial charge in [-0.1, -0.05) is 0 Å². The van der Waals surface area contributed by atoms with Gasteiger partial charge in [0.05, 0.1) is 13.1 Å². The summed E-state index contributed by atoms with van der Waals surface area (Å²) in [5.41, 5.74) is 1.45. The zero-order chi connectivity index (χ0) is 10.7. The van der Waals surface area contributed by atoms with E-state index in [0.29, 0.717) is 5.56 Å². The number of carbonyl (C=O) groups excluding carboxylic acids is 2. The summed E-state index contributed by atoms with van der Waals surface area (Å²) >= 11 is 8.14. The number of thiophene rings is 1. The van der Waals surface area contributed by atoms with E-state index in [4.69, 9.17) is 4.74 Å². The summed E-state index contributed by atoms with van der Waals surface area (Å²) in [6.45, 7) is 0. The topological polar surface area (TPSA) is 55.4 Å². The van der Waals surface area contributed by atoms with E-state index < -0.39 is 12.2 Å². The number of ketones is 1. The number of halogens is 2. The fourth-order valence-corrected chi connectivity index (χ4v) is 5.17. The lowest BCUT2D eigenvalue weighted by atomic mass is 10.2. The van der Waals surface area contributed by atoms with Crippen LogP contribution in [0.25, 0.3) is 0 Å². The molecule has 1 N–H and O–H groups in total. The van der Waals surface area contributed by atoms with Crippen LogP contribution in [0.3, 0.4) is 0 Å². The fourth-order valence-electron chi connectivity index (χ4n) is 1.89. The van der Waals surface area contributed by atoms with Crippen LogP contribution in [0.1, 0.15) is 22.0 Å². The second-order valence-electron chi connectivity index (χ2n) is 3.25. The normalized spacial score (nSPS) is 27.3. The minimum atomic E-state index is -0.691. The molecule has 78 valence electrons. The Labute approximate surface area is 105 Å². The number of amides is 1. The van der Waals surface area contributed by atoms with E-state index in [1.807, 2.05) is 0 Å². The minimum absolute atomic E-state index is 0.137. The summed E-state index contributed by atoms with van der Waals surface area (Å²) in [4.78, 5) is 22.9. The lowest BCUT2D eigenvalue weighted by molar-refractivity contribution is 0.0752. The van der Waals surface area contributed by atoms with Gasteiger partial charge >= 0.3 is 6.09 Å². The first-order chi connectivity index (χ1) is 7.09. The Hall–Kier alpha value is -0.400. The molecule has 0 radical (unpaired) electrons. The molecule has 1 fully saturated rings. The Bertz CT molecular complexity index is 498. The van der Waals surface area contributed by atoms with Gasteiger partial charge in [-0.2, -0.15) is 0 Å². The molecule has 1 saturated heterocycles. The van der Waals surface area contributed by atoms with Crippen molar-refractivity contribution in [1.82, 2.24) is 5.32 Å². The Morgan fingerprint density at radius 3 is 2.73 bits per heavy atom. The second kappa shape index (κ2) is 3.05. The number of nitrogens with one attached hydrogen (secondary N) is 1. The molecule has 3 rings (SSSR count). The third kappa shape index (κ3) is 1.17. The van der Waals surface area contributed by atoms with Gasteiger partial charge in [0.1, 0.15) is 6.04 Å². The maximum absolute atomic E-state index is 11.9. The first-order valence-corrected chi connectivity index (χ1v) is 6.49. The van der Waals surface area contributed by atoms with Crippen LogP contribution in [0.4, 0.5) is 4.79 Å². The molecule has 1 aromatic heterocycles. The predicted molar refractivity (Wildman–Crippen MR) is 60.2 cm³/mol. The zero-order valence-corrected chi connectivity index (χ0v) is 11.0. The zero-order valence-electron chi connectivity index (χ0n) is 7.04. The summed E-state index contributed by atoms with van der Waals surface area (Å²) in [6, 6.07) is -0.336. The van der Waals surface area contributed by atoms with Crippen LogP contribution in [-0.4, -0.2) is 18.0 Å². The smallest absolute Gasteiger partial charge is 0.408 e. The highest BCUT2D eigenvalue weighted by Gasteiger charge is 2.51. The van der Waals surface area contributed by atoms with Crippen molar-refractivity contribution in [3.8, 4) is 0 Å². The molecule has 4 nitrogen and oxygen atoms in total. The summed E-state index contributed by atoms with van der Waals surface area (Å²) in [7, 11) is 0. The fraction of sp³-hybridized carbons (Fsp3) is 0.250. The van der Waals surface area contributed by atoms with Crippen molar-refractivity contribution in [2.45, 2.75) is 12.1 Å². The van der Waals surface area contributed by atoms with Gasteiger partial charge in [0, 0.05) is 5.56 Å². The minimum Gasteiger partial charge on any atom is -0.435 e. The lowest BCUT2D eigenvalue weighted by Crippen LogP contribution is -2.21. The van der Waals surface area contributed by atoms with Gasteiger partial charge in [0.15, 0.2) is 6.10 Å². The molecule has 0 aromatic carbocycles. The van der Waals surface area contributed by atoms with Crippen molar-refractivity contribution in [3.63, 3.8) is 0 Å². The summed E-state index contributed by atoms with van der Waals surface area (Å²) in [5, 5.41) is 2.63. The number of ether oxygens (including phenoxy) is 1. The van der Waals surface area contributed by atoms with Crippen LogP contribution in [-0.2, 0) is 4.74 Å². The van der Waals surface area contributed by atoms with Crippen molar-refractivity contribution in [1.29, 1.82) is 0 Å². The van der Waals surface area contributed by atoms with Crippen LogP contribution in [0.5, 0.6) is 0 Å². The molecule has 0 bridgehead atoms. The van der Waals surface area contributed by atoms with Gasteiger partial charge in [-0.25, -0.2) is 4.79 Å². The Kier molecular flexibility index (Phi) is 1.99. The molecule has 2 heterocycles. The molecule has 1 aliphatic carbocycles. The van der Waals surface area contributed by atoms with Crippen molar-refractivity contribution < 1.29 is 14.3 Å². The predicted octanol–water partition coefficient (Wildman–Crippen LogP) is 2.62. The molecule has 2 aliphatic rings. The van der Waals surface area contributed by atoms with Crippen molar-refractivity contribution in [3.05, 3.63) is 18.7 Å². The monoisotopic (exact) mass is 351 g/mol. The molecule has 1 amide bonds. The molecule has 0 saturated carbocycles. The van der Waals surface area contributed by atoms with E-state index in [2.05, 4.69) is 37.2 Å². The van der Waals surface area contributed by atoms with E-state index >= 15 is 0 Å². The highest BCUT2D eigenvalue weighted by atomic mass is 79.9. The summed E-state index contributed by atoms with van der Waals surface area (Å²) in [6.07, 6.45) is -1.22. The van der Waals surface area contributed by atoms with Gasteiger partial charge in [-0.3, -0.25) is 4.79 Å².